The van der Waals surface area contributed by atoms with E-state index in [0.29, 0.717) is 25.1 Å². The van der Waals surface area contributed by atoms with Gasteiger partial charge < -0.3 is 19.8 Å². The molecular formula is C22H30N4O6. The van der Waals surface area contributed by atoms with E-state index in [-0.39, 0.29) is 18.1 Å². The van der Waals surface area contributed by atoms with Crippen molar-refractivity contribution in [2.45, 2.75) is 52.5 Å². The normalized spacial score (nSPS) is 11.1. The summed E-state index contributed by atoms with van der Waals surface area (Å²) in [5, 5.41) is 0. The summed E-state index contributed by atoms with van der Waals surface area (Å²) in [5.74, 6) is -0.971. The molecule has 1 amide bonds. The summed E-state index contributed by atoms with van der Waals surface area (Å²) in [6.07, 6.45) is 7.85. The summed E-state index contributed by atoms with van der Waals surface area (Å²) in [6.45, 7) is 3.90. The van der Waals surface area contributed by atoms with Crippen molar-refractivity contribution < 1.29 is 18.7 Å². The Balaban J connectivity index is 2.23. The fourth-order valence-corrected chi connectivity index (χ4v) is 3.05. The maximum Gasteiger partial charge on any atom is 0.331 e. The number of aromatic amines is 1. The van der Waals surface area contributed by atoms with E-state index < -0.39 is 29.7 Å². The Bertz CT molecular complexity index is 1040. The Morgan fingerprint density at radius 3 is 2.62 bits per heavy atom. The third-order valence-corrected chi connectivity index (χ3v) is 4.77. The predicted molar refractivity (Wildman–Crippen MR) is 121 cm³/mol. The highest BCUT2D eigenvalue weighted by molar-refractivity contribution is 5.98. The van der Waals surface area contributed by atoms with E-state index in [2.05, 4.69) is 4.98 Å². The van der Waals surface area contributed by atoms with Crippen LogP contribution >= 0.6 is 0 Å². The molecule has 0 spiro atoms. The molecule has 0 unspecified atom stereocenters. The lowest BCUT2D eigenvalue weighted by Crippen LogP contribution is -2.43. The molecule has 10 nitrogen and oxygen atoms in total. The number of hydrogen-bond donors (Lipinski definition) is 2. The van der Waals surface area contributed by atoms with Crippen LogP contribution < -0.4 is 21.9 Å². The van der Waals surface area contributed by atoms with Crippen molar-refractivity contribution in [1.82, 2.24) is 9.55 Å². The van der Waals surface area contributed by atoms with Crippen molar-refractivity contribution in [2.24, 2.45) is 0 Å². The van der Waals surface area contributed by atoms with Gasteiger partial charge in [0.15, 0.2) is 12.3 Å². The third kappa shape index (κ3) is 6.73. The number of carbonyl (C=O) groups is 2. The van der Waals surface area contributed by atoms with Crippen LogP contribution in [0.5, 0.6) is 0 Å². The molecule has 0 radical (unpaired) electrons. The number of ether oxygens (including phenoxy) is 1. The van der Waals surface area contributed by atoms with Crippen LogP contribution in [0.25, 0.3) is 6.08 Å². The highest BCUT2D eigenvalue weighted by Gasteiger charge is 2.24. The number of rotatable bonds is 12. The summed E-state index contributed by atoms with van der Waals surface area (Å²) in [6, 6.07) is 3.33. The highest BCUT2D eigenvalue weighted by Crippen LogP contribution is 2.18. The smallest absolute Gasteiger partial charge is 0.331 e. The SMILES string of the molecule is CCCCCN(C(=O)COC(=O)C=Cc1ccco1)c1c(N)n(CCCC)c(=O)[nH]c1=O. The van der Waals surface area contributed by atoms with Crippen molar-refractivity contribution >= 4 is 29.5 Å². The molecule has 0 atom stereocenters. The second kappa shape index (κ2) is 12.3. The maximum absolute atomic E-state index is 12.9. The molecule has 174 valence electrons. The van der Waals surface area contributed by atoms with Crippen LogP contribution in [0.3, 0.4) is 0 Å². The largest absolute Gasteiger partial charge is 0.465 e. The van der Waals surface area contributed by atoms with Crippen LogP contribution in [0.15, 0.2) is 38.5 Å². The molecule has 0 aliphatic rings. The van der Waals surface area contributed by atoms with E-state index in [0.717, 1.165) is 25.3 Å². The van der Waals surface area contributed by atoms with E-state index in [9.17, 15) is 19.2 Å². The summed E-state index contributed by atoms with van der Waals surface area (Å²) in [4.78, 5) is 53.0. The van der Waals surface area contributed by atoms with E-state index in [1.165, 1.54) is 21.8 Å². The van der Waals surface area contributed by atoms with Crippen molar-refractivity contribution in [3.05, 3.63) is 51.1 Å². The topological polar surface area (TPSA) is 141 Å². The average Bonchev–Trinajstić information content (AvgIpc) is 3.28. The number of H-pyrrole nitrogens is 1. The van der Waals surface area contributed by atoms with Crippen LogP contribution in [0.1, 0.15) is 51.7 Å². The minimum absolute atomic E-state index is 0.0823. The minimum Gasteiger partial charge on any atom is -0.465 e. The van der Waals surface area contributed by atoms with Crippen molar-refractivity contribution in [2.75, 3.05) is 23.8 Å². The number of nitrogens with two attached hydrogens (primary N) is 1. The molecular weight excluding hydrogens is 416 g/mol. The van der Waals surface area contributed by atoms with Gasteiger partial charge in [0.1, 0.15) is 11.6 Å². The van der Waals surface area contributed by atoms with Crippen LogP contribution in [-0.2, 0) is 20.9 Å². The van der Waals surface area contributed by atoms with Gasteiger partial charge in [0.05, 0.1) is 6.26 Å². The quantitative estimate of drug-likeness (QED) is 0.289. The molecule has 0 fully saturated rings. The Hall–Kier alpha value is -3.56. The number of furan rings is 1. The van der Waals surface area contributed by atoms with Gasteiger partial charge in [0, 0.05) is 19.2 Å². The molecule has 0 bridgehead atoms. The molecule has 0 aromatic carbocycles. The molecule has 32 heavy (non-hydrogen) atoms. The lowest BCUT2D eigenvalue weighted by atomic mass is 10.2. The van der Waals surface area contributed by atoms with Gasteiger partial charge in [-0.15, -0.1) is 0 Å². The second-order valence-electron chi connectivity index (χ2n) is 7.21. The van der Waals surface area contributed by atoms with Crippen molar-refractivity contribution in [1.29, 1.82) is 0 Å². The number of hydrogen-bond acceptors (Lipinski definition) is 7. The Morgan fingerprint density at radius 2 is 1.97 bits per heavy atom. The zero-order valence-corrected chi connectivity index (χ0v) is 18.5. The van der Waals surface area contributed by atoms with E-state index in [4.69, 9.17) is 14.9 Å². The van der Waals surface area contributed by atoms with E-state index in [1.54, 1.807) is 12.1 Å². The molecule has 10 heteroatoms. The number of anilines is 2. The van der Waals surface area contributed by atoms with Crippen molar-refractivity contribution in [3.8, 4) is 0 Å². The van der Waals surface area contributed by atoms with Crippen LogP contribution in [0.4, 0.5) is 11.5 Å². The van der Waals surface area contributed by atoms with Gasteiger partial charge in [-0.25, -0.2) is 9.59 Å². The Kier molecular flexibility index (Phi) is 9.52. The van der Waals surface area contributed by atoms with Gasteiger partial charge in [0.2, 0.25) is 0 Å². The molecule has 2 aromatic rings. The fourth-order valence-electron chi connectivity index (χ4n) is 3.05. The highest BCUT2D eigenvalue weighted by atomic mass is 16.5. The lowest BCUT2D eigenvalue weighted by molar-refractivity contribution is -0.142. The number of aromatic nitrogens is 2. The van der Waals surface area contributed by atoms with Crippen LogP contribution in [-0.4, -0.2) is 34.6 Å². The average molecular weight is 447 g/mol. The fraction of sp³-hybridized carbons (Fsp3) is 0.455. The molecule has 0 saturated carbocycles. The molecule has 0 aliphatic carbocycles. The van der Waals surface area contributed by atoms with Crippen LogP contribution in [0.2, 0.25) is 0 Å². The van der Waals surface area contributed by atoms with E-state index in [1.807, 2.05) is 13.8 Å². The summed E-state index contributed by atoms with van der Waals surface area (Å²) >= 11 is 0. The number of carbonyl (C=O) groups excluding carboxylic acids is 2. The lowest BCUT2D eigenvalue weighted by Gasteiger charge is -2.24. The standard InChI is InChI=1S/C22H30N4O6/c1-3-5-7-13-25(17(27)15-32-18(28)11-10-16-9-8-14-31-16)19-20(23)26(12-6-4-2)22(30)24-21(19)29/h8-11,14H,3-7,12-13,15,23H2,1-2H3,(H,24,29,30). The molecule has 0 aliphatic heterocycles. The molecule has 2 aromatic heterocycles. The minimum atomic E-state index is -0.755. The third-order valence-electron chi connectivity index (χ3n) is 4.77. The van der Waals surface area contributed by atoms with Crippen molar-refractivity contribution in [3.63, 3.8) is 0 Å². The number of esters is 1. The maximum atomic E-state index is 12.9. The first-order valence-corrected chi connectivity index (χ1v) is 10.7. The van der Waals surface area contributed by atoms with Gasteiger partial charge >= 0.3 is 11.7 Å². The van der Waals surface area contributed by atoms with E-state index >= 15 is 0 Å². The van der Waals surface area contributed by atoms with Gasteiger partial charge in [-0.1, -0.05) is 33.1 Å². The molecule has 3 N–H and O–H groups in total. The zero-order chi connectivity index (χ0) is 23.5. The summed E-state index contributed by atoms with van der Waals surface area (Å²) in [7, 11) is 0. The number of amides is 1. The van der Waals surface area contributed by atoms with Gasteiger partial charge in [0.25, 0.3) is 11.5 Å². The first-order chi connectivity index (χ1) is 15.4. The number of nitrogen functional groups attached to an aromatic ring is 1. The van der Waals surface area contributed by atoms with Crippen LogP contribution in [0, 0.1) is 0 Å². The Labute approximate surface area is 185 Å². The molecule has 2 rings (SSSR count). The first kappa shape index (κ1) is 24.7. The number of nitrogens with zero attached hydrogens (tertiary/aromatic N) is 2. The number of nitrogens with one attached hydrogen (secondary N) is 1. The number of unbranched alkanes of at least 4 members (excludes halogenated alkanes) is 3. The second-order valence-corrected chi connectivity index (χ2v) is 7.21. The zero-order valence-electron chi connectivity index (χ0n) is 18.5. The summed E-state index contributed by atoms with van der Waals surface area (Å²) in [5.41, 5.74) is 4.66. The predicted octanol–water partition coefficient (Wildman–Crippen LogP) is 2.29. The van der Waals surface area contributed by atoms with Gasteiger partial charge in [-0.2, -0.15) is 0 Å². The molecule has 0 saturated heterocycles. The Morgan fingerprint density at radius 1 is 1.22 bits per heavy atom. The monoisotopic (exact) mass is 446 g/mol. The van der Waals surface area contributed by atoms with Gasteiger partial charge in [-0.05, 0) is 31.1 Å². The summed E-state index contributed by atoms with van der Waals surface area (Å²) < 4.78 is 11.4. The first-order valence-electron chi connectivity index (χ1n) is 10.7. The van der Waals surface area contributed by atoms with Gasteiger partial charge in [-0.3, -0.25) is 19.1 Å². The molecule has 2 heterocycles.